The Balaban J connectivity index is 2.08. The molecule has 0 aliphatic rings. The molecule has 1 N–H and O–H groups in total. The molecule has 0 aliphatic carbocycles. The Hall–Kier alpha value is -3.36. The van der Waals surface area contributed by atoms with Crippen LogP contribution in [0.25, 0.3) is 0 Å². The van der Waals surface area contributed by atoms with Crippen LogP contribution in [-0.2, 0) is 14.8 Å². The van der Waals surface area contributed by atoms with Crippen LogP contribution in [0.5, 0.6) is 0 Å². The van der Waals surface area contributed by atoms with Crippen molar-refractivity contribution in [3.63, 3.8) is 0 Å². The highest BCUT2D eigenvalue weighted by molar-refractivity contribution is 7.92. The van der Waals surface area contributed by atoms with Crippen LogP contribution in [-0.4, -0.2) is 27.1 Å². The first-order valence-electron chi connectivity index (χ1n) is 7.61. The number of carbonyl (C=O) groups is 1. The van der Waals surface area contributed by atoms with Crippen molar-refractivity contribution in [1.29, 1.82) is 10.5 Å². The smallest absolute Gasteiger partial charge is 0.232 e. The Morgan fingerprint density at radius 2 is 1.73 bits per heavy atom. The highest BCUT2D eigenvalue weighted by Gasteiger charge is 2.19. The molecule has 26 heavy (non-hydrogen) atoms. The molecule has 7 nitrogen and oxygen atoms in total. The van der Waals surface area contributed by atoms with Gasteiger partial charge in [-0.25, -0.2) is 8.42 Å². The van der Waals surface area contributed by atoms with E-state index in [1.54, 1.807) is 42.5 Å². The summed E-state index contributed by atoms with van der Waals surface area (Å²) in [5.74, 6) is -0.361. The van der Waals surface area contributed by atoms with E-state index in [1.807, 2.05) is 12.1 Å². The van der Waals surface area contributed by atoms with Crippen LogP contribution in [0.2, 0.25) is 0 Å². The molecule has 132 valence electrons. The molecular weight excluding hydrogens is 352 g/mol. The number of nitriles is 2. The molecule has 0 unspecified atom stereocenters. The van der Waals surface area contributed by atoms with E-state index in [9.17, 15) is 13.2 Å². The number of hydrogen-bond donors (Lipinski definition) is 1. The molecule has 0 atom stereocenters. The minimum absolute atomic E-state index is 0.0597. The zero-order valence-corrected chi connectivity index (χ0v) is 14.8. The number of hydrogen-bond acceptors (Lipinski definition) is 5. The lowest BCUT2D eigenvalue weighted by atomic mass is 10.2. The lowest BCUT2D eigenvalue weighted by Gasteiger charge is -2.22. The molecule has 1 amide bonds. The highest BCUT2D eigenvalue weighted by Crippen LogP contribution is 2.19. The number of nitrogens with zero attached hydrogens (tertiary/aromatic N) is 3. The van der Waals surface area contributed by atoms with Gasteiger partial charge in [0.25, 0.3) is 0 Å². The van der Waals surface area contributed by atoms with Gasteiger partial charge in [0.1, 0.15) is 0 Å². The molecule has 0 spiro atoms. The molecule has 0 saturated heterocycles. The predicted octanol–water partition coefficient (Wildman–Crippen LogP) is 2.22. The molecule has 8 heteroatoms. The number of sulfonamides is 1. The van der Waals surface area contributed by atoms with Crippen molar-refractivity contribution in [2.24, 2.45) is 0 Å². The Morgan fingerprint density at radius 3 is 2.31 bits per heavy atom. The summed E-state index contributed by atoms with van der Waals surface area (Å²) < 4.78 is 25.2. The molecule has 0 heterocycles. The molecule has 2 aromatic carbocycles. The van der Waals surface area contributed by atoms with Crippen LogP contribution in [0.3, 0.4) is 0 Å². The first-order chi connectivity index (χ1) is 12.3. The zero-order valence-electron chi connectivity index (χ0n) is 14.0. The van der Waals surface area contributed by atoms with Crippen molar-refractivity contribution in [3.8, 4) is 12.1 Å². The van der Waals surface area contributed by atoms with E-state index < -0.39 is 10.0 Å². The third-order valence-corrected chi connectivity index (χ3v) is 4.70. The maximum atomic E-state index is 12.1. The molecule has 2 aromatic rings. The number of amides is 1. The molecule has 0 bridgehead atoms. The normalized spacial score (nSPS) is 10.4. The summed E-state index contributed by atoms with van der Waals surface area (Å²) in [6, 6.07) is 16.5. The van der Waals surface area contributed by atoms with Crippen LogP contribution in [0.1, 0.15) is 17.5 Å². The van der Waals surface area contributed by atoms with Crippen molar-refractivity contribution in [2.75, 3.05) is 22.4 Å². The van der Waals surface area contributed by atoms with Crippen molar-refractivity contribution < 1.29 is 13.2 Å². The van der Waals surface area contributed by atoms with E-state index in [-0.39, 0.29) is 18.9 Å². The van der Waals surface area contributed by atoms with Gasteiger partial charge in [0, 0.05) is 18.7 Å². The van der Waals surface area contributed by atoms with Gasteiger partial charge in [0.15, 0.2) is 0 Å². The molecule has 0 saturated carbocycles. The fourth-order valence-electron chi connectivity index (χ4n) is 2.27. The summed E-state index contributed by atoms with van der Waals surface area (Å²) in [5.41, 5.74) is 1.66. The topological polar surface area (TPSA) is 114 Å². The van der Waals surface area contributed by atoms with Gasteiger partial charge in [0.2, 0.25) is 15.9 Å². The van der Waals surface area contributed by atoms with Gasteiger partial charge >= 0.3 is 0 Å². The second-order valence-corrected chi connectivity index (χ2v) is 7.39. The summed E-state index contributed by atoms with van der Waals surface area (Å²) in [7, 11) is -3.61. The number of nitrogens with one attached hydrogen (secondary N) is 1. The molecule has 0 radical (unpaired) electrons. The van der Waals surface area contributed by atoms with Gasteiger partial charge < -0.3 is 5.32 Å². The molecular formula is C18H16N4O3S. The van der Waals surface area contributed by atoms with Crippen molar-refractivity contribution >= 4 is 27.3 Å². The Kier molecular flexibility index (Phi) is 5.94. The van der Waals surface area contributed by atoms with E-state index in [4.69, 9.17) is 10.5 Å². The summed E-state index contributed by atoms with van der Waals surface area (Å²) in [5, 5.41) is 20.4. The average molecular weight is 368 g/mol. The van der Waals surface area contributed by atoms with Crippen LogP contribution < -0.4 is 9.62 Å². The average Bonchev–Trinajstić information content (AvgIpc) is 2.61. The number of carbonyl (C=O) groups excluding carboxylic acids is 1. The van der Waals surface area contributed by atoms with E-state index in [1.165, 1.54) is 6.07 Å². The summed E-state index contributed by atoms with van der Waals surface area (Å²) in [6.45, 7) is -0.0597. The molecule has 0 aromatic heterocycles. The monoisotopic (exact) mass is 368 g/mol. The SMILES string of the molecule is CS(=O)(=O)N(CCC(=O)Nc1ccc(C#N)cc1)c1cccc(C#N)c1. The third kappa shape index (κ3) is 5.07. The minimum Gasteiger partial charge on any atom is -0.326 e. The van der Waals surface area contributed by atoms with Crippen LogP contribution in [0.4, 0.5) is 11.4 Å². The second kappa shape index (κ2) is 8.15. The van der Waals surface area contributed by atoms with Gasteiger partial charge in [-0.05, 0) is 42.5 Å². The van der Waals surface area contributed by atoms with Crippen molar-refractivity contribution in [2.45, 2.75) is 6.42 Å². The van der Waals surface area contributed by atoms with Gasteiger partial charge in [-0.3, -0.25) is 9.10 Å². The Labute approximate surface area is 152 Å². The van der Waals surface area contributed by atoms with Gasteiger partial charge in [0.05, 0.1) is 35.2 Å². The third-order valence-electron chi connectivity index (χ3n) is 3.50. The van der Waals surface area contributed by atoms with Gasteiger partial charge in [-0.2, -0.15) is 10.5 Å². The lowest BCUT2D eigenvalue weighted by molar-refractivity contribution is -0.116. The molecule has 0 aliphatic heterocycles. The summed E-state index contributed by atoms with van der Waals surface area (Å²) >= 11 is 0. The van der Waals surface area contributed by atoms with E-state index in [0.717, 1.165) is 10.6 Å². The minimum atomic E-state index is -3.61. The maximum Gasteiger partial charge on any atom is 0.232 e. The van der Waals surface area contributed by atoms with Gasteiger partial charge in [-0.15, -0.1) is 0 Å². The van der Waals surface area contributed by atoms with E-state index in [2.05, 4.69) is 5.32 Å². The number of anilines is 2. The largest absolute Gasteiger partial charge is 0.326 e. The van der Waals surface area contributed by atoms with Crippen molar-refractivity contribution in [3.05, 3.63) is 59.7 Å². The van der Waals surface area contributed by atoms with Crippen LogP contribution in [0, 0.1) is 22.7 Å². The predicted molar refractivity (Wildman–Crippen MR) is 97.8 cm³/mol. The summed E-state index contributed by atoms with van der Waals surface area (Å²) in [4.78, 5) is 12.1. The zero-order chi connectivity index (χ0) is 19.2. The second-order valence-electron chi connectivity index (χ2n) is 5.48. The maximum absolute atomic E-state index is 12.1. The van der Waals surface area contributed by atoms with Crippen molar-refractivity contribution in [1.82, 2.24) is 0 Å². The van der Waals surface area contributed by atoms with Crippen LogP contribution >= 0.6 is 0 Å². The van der Waals surface area contributed by atoms with E-state index >= 15 is 0 Å². The standard InChI is InChI=1S/C18H16N4O3S/c1-26(24,25)22(17-4-2-3-15(11-17)13-20)10-9-18(23)21-16-7-5-14(12-19)6-8-16/h2-8,11H,9-10H2,1H3,(H,21,23). The fraction of sp³-hybridized carbons (Fsp3) is 0.167. The first kappa shape index (κ1) is 19.0. The number of rotatable bonds is 6. The first-order valence-corrected chi connectivity index (χ1v) is 9.46. The number of benzene rings is 2. The lowest BCUT2D eigenvalue weighted by Crippen LogP contribution is -2.33. The van der Waals surface area contributed by atoms with Gasteiger partial charge in [-0.1, -0.05) is 6.07 Å². The Morgan fingerprint density at radius 1 is 1.08 bits per heavy atom. The highest BCUT2D eigenvalue weighted by atomic mass is 32.2. The molecule has 0 fully saturated rings. The Bertz CT molecular complexity index is 986. The van der Waals surface area contributed by atoms with E-state index in [0.29, 0.717) is 22.5 Å². The molecule has 2 rings (SSSR count). The quantitative estimate of drug-likeness (QED) is 0.840. The summed E-state index contributed by atoms with van der Waals surface area (Å²) in [6.07, 6.45) is 0.981. The van der Waals surface area contributed by atoms with Crippen LogP contribution in [0.15, 0.2) is 48.5 Å². The fourth-order valence-corrected chi connectivity index (χ4v) is 3.19.